The number of carboxylic acids is 1. The molecule has 2 unspecified atom stereocenters. The highest BCUT2D eigenvalue weighted by atomic mass is 16.5. The topological polar surface area (TPSA) is 105 Å². The summed E-state index contributed by atoms with van der Waals surface area (Å²) in [6.07, 6.45) is 0.410. The van der Waals surface area contributed by atoms with Crippen molar-refractivity contribution in [3.8, 4) is 11.1 Å². The van der Waals surface area contributed by atoms with E-state index in [0.717, 1.165) is 22.3 Å². The zero-order chi connectivity index (χ0) is 25.0. The van der Waals surface area contributed by atoms with Gasteiger partial charge in [0.05, 0.1) is 6.54 Å². The van der Waals surface area contributed by atoms with Gasteiger partial charge in [-0.05, 0) is 41.5 Å². The van der Waals surface area contributed by atoms with Crippen molar-refractivity contribution in [2.24, 2.45) is 0 Å². The summed E-state index contributed by atoms with van der Waals surface area (Å²) in [7, 11) is 1.38. The van der Waals surface area contributed by atoms with Gasteiger partial charge >= 0.3 is 12.1 Å². The molecular formula is C27H32N2O6. The SMILES string of the molecule is CCCC1(C(=O)O)CCCN1C(=O)C(CNC(=O)OCC1c2ccccc2-c2ccccc21)OC. The number of alkyl carbamates (subject to hydrolysis) is 1. The summed E-state index contributed by atoms with van der Waals surface area (Å²) >= 11 is 0. The summed E-state index contributed by atoms with van der Waals surface area (Å²) in [6, 6.07) is 16.2. The lowest BCUT2D eigenvalue weighted by Gasteiger charge is -2.36. The number of hydrogen-bond acceptors (Lipinski definition) is 5. The van der Waals surface area contributed by atoms with Crippen LogP contribution in [-0.2, 0) is 19.1 Å². The summed E-state index contributed by atoms with van der Waals surface area (Å²) in [5.74, 6) is -1.49. The number of fused-ring (bicyclic) bond motifs is 3. The lowest BCUT2D eigenvalue weighted by molar-refractivity contribution is -0.161. The van der Waals surface area contributed by atoms with Crippen molar-refractivity contribution in [3.05, 3.63) is 59.7 Å². The molecule has 2 atom stereocenters. The molecule has 8 nitrogen and oxygen atoms in total. The number of nitrogens with one attached hydrogen (secondary N) is 1. The second-order valence-electron chi connectivity index (χ2n) is 9.11. The minimum absolute atomic E-state index is 0.0668. The van der Waals surface area contributed by atoms with E-state index in [1.165, 1.54) is 12.0 Å². The molecular weight excluding hydrogens is 448 g/mol. The molecule has 0 aromatic heterocycles. The Bertz CT molecular complexity index is 1060. The summed E-state index contributed by atoms with van der Waals surface area (Å²) < 4.78 is 10.9. The number of nitrogens with zero attached hydrogens (tertiary/aromatic N) is 1. The molecule has 35 heavy (non-hydrogen) atoms. The summed E-state index contributed by atoms with van der Waals surface area (Å²) in [5.41, 5.74) is 3.29. The number of methoxy groups -OCH3 is 1. The Morgan fingerprint density at radius 3 is 2.31 bits per heavy atom. The van der Waals surface area contributed by atoms with Crippen molar-refractivity contribution in [3.63, 3.8) is 0 Å². The zero-order valence-corrected chi connectivity index (χ0v) is 20.2. The second-order valence-corrected chi connectivity index (χ2v) is 9.11. The van der Waals surface area contributed by atoms with Crippen LogP contribution in [0.1, 0.15) is 49.7 Å². The summed E-state index contributed by atoms with van der Waals surface area (Å²) in [4.78, 5) is 39.2. The molecule has 4 rings (SSSR count). The van der Waals surface area contributed by atoms with E-state index in [0.29, 0.717) is 32.2 Å². The average Bonchev–Trinajstić information content (AvgIpc) is 3.43. The van der Waals surface area contributed by atoms with Crippen LogP contribution < -0.4 is 5.32 Å². The zero-order valence-electron chi connectivity index (χ0n) is 20.2. The molecule has 186 valence electrons. The standard InChI is InChI=1S/C27H32N2O6/c1-3-13-27(25(31)32)14-8-15-29(27)24(30)23(34-2)16-28-26(33)35-17-22-20-11-6-4-9-18(20)19-10-5-7-12-21(19)22/h4-7,9-12,22-23H,3,8,13-17H2,1-2H3,(H,28,33)(H,31,32). The molecule has 1 aliphatic carbocycles. The normalized spacial score (nSPS) is 19.7. The fourth-order valence-electron chi connectivity index (χ4n) is 5.47. The predicted molar refractivity (Wildman–Crippen MR) is 130 cm³/mol. The summed E-state index contributed by atoms with van der Waals surface area (Å²) in [5, 5.41) is 12.5. The Morgan fingerprint density at radius 1 is 1.11 bits per heavy atom. The molecule has 2 amide bonds. The van der Waals surface area contributed by atoms with Gasteiger partial charge in [-0.25, -0.2) is 9.59 Å². The smallest absolute Gasteiger partial charge is 0.407 e. The van der Waals surface area contributed by atoms with Gasteiger partial charge in [-0.1, -0.05) is 61.9 Å². The van der Waals surface area contributed by atoms with E-state index in [1.54, 1.807) is 0 Å². The van der Waals surface area contributed by atoms with E-state index in [-0.39, 0.29) is 19.1 Å². The third-order valence-corrected chi connectivity index (χ3v) is 7.15. The molecule has 0 radical (unpaired) electrons. The van der Waals surface area contributed by atoms with E-state index in [2.05, 4.69) is 17.4 Å². The molecule has 2 N–H and O–H groups in total. The van der Waals surface area contributed by atoms with Gasteiger partial charge in [-0.15, -0.1) is 0 Å². The van der Waals surface area contributed by atoms with Crippen LogP contribution in [0.3, 0.4) is 0 Å². The Balaban J connectivity index is 1.37. The van der Waals surface area contributed by atoms with E-state index in [1.807, 2.05) is 43.3 Å². The fraction of sp³-hybridized carbons (Fsp3) is 0.444. The Labute approximate surface area is 205 Å². The Kier molecular flexibility index (Phi) is 7.40. The Morgan fingerprint density at radius 2 is 1.74 bits per heavy atom. The fourth-order valence-corrected chi connectivity index (χ4v) is 5.47. The predicted octanol–water partition coefficient (Wildman–Crippen LogP) is 3.79. The van der Waals surface area contributed by atoms with Crippen molar-refractivity contribution in [2.75, 3.05) is 26.8 Å². The van der Waals surface area contributed by atoms with E-state index in [9.17, 15) is 19.5 Å². The maximum Gasteiger partial charge on any atom is 0.407 e. The van der Waals surface area contributed by atoms with Crippen LogP contribution in [0.5, 0.6) is 0 Å². The number of benzene rings is 2. The van der Waals surface area contributed by atoms with Gasteiger partial charge in [0.25, 0.3) is 5.91 Å². The van der Waals surface area contributed by atoms with Gasteiger partial charge < -0.3 is 24.8 Å². The van der Waals surface area contributed by atoms with Crippen molar-refractivity contribution < 1.29 is 29.0 Å². The quantitative estimate of drug-likeness (QED) is 0.566. The molecule has 8 heteroatoms. The first kappa shape index (κ1) is 24.7. The molecule has 1 heterocycles. The average molecular weight is 481 g/mol. The maximum absolute atomic E-state index is 13.2. The molecule has 1 saturated heterocycles. The van der Waals surface area contributed by atoms with Gasteiger partial charge in [0.1, 0.15) is 12.1 Å². The molecule has 2 aromatic carbocycles. The number of carbonyl (C=O) groups excluding carboxylic acids is 2. The van der Waals surface area contributed by atoms with Crippen LogP contribution in [0.15, 0.2) is 48.5 Å². The number of carbonyl (C=O) groups is 3. The number of rotatable bonds is 9. The van der Waals surface area contributed by atoms with E-state index >= 15 is 0 Å². The lowest BCUT2D eigenvalue weighted by Crippen LogP contribution is -2.57. The first-order valence-corrected chi connectivity index (χ1v) is 12.1. The minimum atomic E-state index is -1.22. The number of aliphatic carboxylic acids is 1. The second kappa shape index (κ2) is 10.5. The van der Waals surface area contributed by atoms with Gasteiger partial charge in [0.2, 0.25) is 0 Å². The molecule has 2 aliphatic rings. The summed E-state index contributed by atoms with van der Waals surface area (Å²) in [6.45, 7) is 2.31. The van der Waals surface area contributed by atoms with Crippen LogP contribution in [0.25, 0.3) is 11.1 Å². The monoisotopic (exact) mass is 480 g/mol. The molecule has 0 saturated carbocycles. The molecule has 2 aromatic rings. The van der Waals surface area contributed by atoms with Crippen LogP contribution in [0, 0.1) is 0 Å². The molecule has 1 aliphatic heterocycles. The van der Waals surface area contributed by atoms with E-state index in [4.69, 9.17) is 9.47 Å². The van der Waals surface area contributed by atoms with Gasteiger partial charge in [0, 0.05) is 19.6 Å². The lowest BCUT2D eigenvalue weighted by atomic mass is 9.90. The van der Waals surface area contributed by atoms with Gasteiger partial charge in [-0.2, -0.15) is 0 Å². The number of ether oxygens (including phenoxy) is 2. The highest BCUT2D eigenvalue weighted by Crippen LogP contribution is 2.44. The van der Waals surface area contributed by atoms with Crippen molar-refractivity contribution in [2.45, 2.75) is 50.2 Å². The molecule has 0 bridgehead atoms. The third-order valence-electron chi connectivity index (χ3n) is 7.15. The minimum Gasteiger partial charge on any atom is -0.479 e. The van der Waals surface area contributed by atoms with Crippen LogP contribution in [-0.4, -0.2) is 66.4 Å². The van der Waals surface area contributed by atoms with Gasteiger partial charge in [-0.3, -0.25) is 4.79 Å². The molecule has 0 spiro atoms. The van der Waals surface area contributed by atoms with Crippen molar-refractivity contribution in [1.82, 2.24) is 10.2 Å². The molecule has 1 fully saturated rings. The number of carboxylic acid groups (broad SMARTS) is 1. The van der Waals surface area contributed by atoms with E-state index < -0.39 is 29.6 Å². The van der Waals surface area contributed by atoms with Crippen LogP contribution in [0.2, 0.25) is 0 Å². The highest BCUT2D eigenvalue weighted by Gasteiger charge is 2.50. The van der Waals surface area contributed by atoms with Crippen molar-refractivity contribution in [1.29, 1.82) is 0 Å². The number of amides is 2. The Hall–Kier alpha value is -3.39. The van der Waals surface area contributed by atoms with Crippen molar-refractivity contribution >= 4 is 18.0 Å². The largest absolute Gasteiger partial charge is 0.479 e. The first-order valence-electron chi connectivity index (χ1n) is 12.1. The number of likely N-dealkylation sites (tertiary alicyclic amines) is 1. The number of hydrogen-bond donors (Lipinski definition) is 2. The van der Waals surface area contributed by atoms with Gasteiger partial charge in [0.15, 0.2) is 6.10 Å². The van der Waals surface area contributed by atoms with Crippen LogP contribution >= 0.6 is 0 Å². The first-order chi connectivity index (χ1) is 16.9. The highest BCUT2D eigenvalue weighted by molar-refractivity contribution is 5.90. The maximum atomic E-state index is 13.2. The van der Waals surface area contributed by atoms with Crippen LogP contribution in [0.4, 0.5) is 4.79 Å². The third kappa shape index (κ3) is 4.62.